The van der Waals surface area contributed by atoms with Crippen LogP contribution < -0.4 is 0 Å². The van der Waals surface area contributed by atoms with Crippen molar-refractivity contribution in [3.8, 4) is 0 Å². The van der Waals surface area contributed by atoms with Gasteiger partial charge in [-0.3, -0.25) is 9.59 Å². The smallest absolute Gasteiger partial charge is 0.338 e. The molecular weight excluding hydrogens is 362 g/mol. The summed E-state index contributed by atoms with van der Waals surface area (Å²) in [6.45, 7) is -0.202. The molecule has 3 rings (SSSR count). The van der Waals surface area contributed by atoms with Crippen molar-refractivity contribution in [3.05, 3.63) is 71.0 Å². The summed E-state index contributed by atoms with van der Waals surface area (Å²) in [5.41, 5.74) is 0.335. The molecule has 0 aromatic heterocycles. The third-order valence-electron chi connectivity index (χ3n) is 4.68. The molecule has 0 N–H and O–H groups in total. The summed E-state index contributed by atoms with van der Waals surface area (Å²) in [6.07, 6.45) is -4.12. The molecule has 0 radical (unpaired) electrons. The maximum absolute atomic E-state index is 13.1. The number of hydrogen-bond donors (Lipinski definition) is 0. The average Bonchev–Trinajstić information content (AvgIpc) is 2.67. The molecule has 0 spiro atoms. The number of benzene rings is 2. The molecule has 1 heterocycles. The number of nitrogens with zero attached hydrogens (tertiary/aromatic N) is 1. The van der Waals surface area contributed by atoms with Crippen molar-refractivity contribution in [2.45, 2.75) is 19.0 Å². The zero-order chi connectivity index (χ0) is 19.6. The second-order valence-electron chi connectivity index (χ2n) is 6.51. The highest BCUT2D eigenvalue weighted by molar-refractivity contribution is 6.15. The van der Waals surface area contributed by atoms with Crippen LogP contribution in [-0.4, -0.2) is 35.9 Å². The Bertz CT molecular complexity index is 846. The van der Waals surface area contributed by atoms with Crippen LogP contribution in [0.5, 0.6) is 0 Å². The van der Waals surface area contributed by atoms with Crippen LogP contribution in [0, 0.1) is 11.7 Å². The zero-order valence-corrected chi connectivity index (χ0v) is 14.3. The SMILES string of the molecule is O=C(c1ccc(F)cc1)c1ccccc1C(=O)N1CCC[C@@H](C(F)(F)F)C1. The van der Waals surface area contributed by atoms with Gasteiger partial charge >= 0.3 is 6.18 Å². The zero-order valence-electron chi connectivity index (χ0n) is 14.3. The van der Waals surface area contributed by atoms with Crippen LogP contribution in [0.25, 0.3) is 0 Å². The molecule has 142 valence electrons. The lowest BCUT2D eigenvalue weighted by Crippen LogP contribution is -2.44. The van der Waals surface area contributed by atoms with Gasteiger partial charge in [0.2, 0.25) is 0 Å². The summed E-state index contributed by atoms with van der Waals surface area (Å²) < 4.78 is 52.1. The fourth-order valence-electron chi connectivity index (χ4n) is 3.22. The first-order valence-electron chi connectivity index (χ1n) is 8.52. The number of rotatable bonds is 3. The molecule has 7 heteroatoms. The Hall–Kier alpha value is -2.70. The molecule has 3 nitrogen and oxygen atoms in total. The molecule has 1 fully saturated rings. The predicted octanol–water partition coefficient (Wildman–Crippen LogP) is 4.47. The van der Waals surface area contributed by atoms with Gasteiger partial charge in [0.05, 0.1) is 11.5 Å². The summed E-state index contributed by atoms with van der Waals surface area (Å²) in [6, 6.07) is 10.9. The third-order valence-corrected chi connectivity index (χ3v) is 4.68. The number of carbonyl (C=O) groups excluding carboxylic acids is 2. The molecule has 1 atom stereocenters. The Balaban J connectivity index is 1.88. The normalized spacial score (nSPS) is 17.6. The summed E-state index contributed by atoms with van der Waals surface area (Å²) >= 11 is 0. The van der Waals surface area contributed by atoms with Gasteiger partial charge in [-0.15, -0.1) is 0 Å². The van der Waals surface area contributed by atoms with Crippen molar-refractivity contribution >= 4 is 11.7 Å². The Labute approximate surface area is 153 Å². The first-order valence-corrected chi connectivity index (χ1v) is 8.52. The van der Waals surface area contributed by atoms with Crippen LogP contribution >= 0.6 is 0 Å². The molecule has 0 saturated carbocycles. The van der Waals surface area contributed by atoms with Gasteiger partial charge in [0.15, 0.2) is 5.78 Å². The van der Waals surface area contributed by atoms with Crippen molar-refractivity contribution < 1.29 is 27.2 Å². The number of alkyl halides is 3. The Morgan fingerprint density at radius 1 is 0.963 bits per heavy atom. The highest BCUT2D eigenvalue weighted by atomic mass is 19.4. The Morgan fingerprint density at radius 2 is 1.59 bits per heavy atom. The number of ketones is 1. The highest BCUT2D eigenvalue weighted by Crippen LogP contribution is 2.33. The Morgan fingerprint density at radius 3 is 2.22 bits per heavy atom. The van der Waals surface area contributed by atoms with E-state index in [0.717, 1.165) is 17.0 Å². The number of hydrogen-bond acceptors (Lipinski definition) is 2. The van der Waals surface area contributed by atoms with Crippen molar-refractivity contribution in [1.82, 2.24) is 4.90 Å². The summed E-state index contributed by atoms with van der Waals surface area (Å²) in [4.78, 5) is 26.7. The standard InChI is InChI=1S/C20H17F4NO2/c21-15-9-7-13(8-10-15)18(26)16-5-1-2-6-17(16)19(27)25-11-3-4-14(12-25)20(22,23)24/h1-2,5-10,14H,3-4,11-12H2/t14-/m1/s1. The van der Waals surface area contributed by atoms with E-state index in [-0.39, 0.29) is 36.1 Å². The number of piperidine rings is 1. The minimum Gasteiger partial charge on any atom is -0.338 e. The van der Waals surface area contributed by atoms with Gasteiger partial charge < -0.3 is 4.90 Å². The number of likely N-dealkylation sites (tertiary alicyclic amines) is 1. The maximum Gasteiger partial charge on any atom is 0.393 e. The largest absolute Gasteiger partial charge is 0.393 e. The van der Waals surface area contributed by atoms with E-state index < -0.39 is 36.1 Å². The predicted molar refractivity (Wildman–Crippen MR) is 91.0 cm³/mol. The summed E-state index contributed by atoms with van der Waals surface area (Å²) in [7, 11) is 0. The highest BCUT2D eigenvalue weighted by Gasteiger charge is 2.43. The molecule has 1 aliphatic heterocycles. The molecule has 0 unspecified atom stereocenters. The van der Waals surface area contributed by atoms with Gasteiger partial charge in [0, 0.05) is 24.2 Å². The van der Waals surface area contributed by atoms with Gasteiger partial charge in [0.1, 0.15) is 5.82 Å². The van der Waals surface area contributed by atoms with Gasteiger partial charge in [-0.2, -0.15) is 13.2 Å². The van der Waals surface area contributed by atoms with Crippen molar-refractivity contribution in [1.29, 1.82) is 0 Å². The molecule has 0 aliphatic carbocycles. The van der Waals surface area contributed by atoms with Gasteiger partial charge in [-0.1, -0.05) is 18.2 Å². The minimum atomic E-state index is -4.36. The van der Waals surface area contributed by atoms with Crippen LogP contribution in [-0.2, 0) is 0 Å². The number of amides is 1. The second kappa shape index (κ2) is 7.50. The molecule has 1 saturated heterocycles. The third kappa shape index (κ3) is 4.18. The van der Waals surface area contributed by atoms with Crippen molar-refractivity contribution in [2.24, 2.45) is 5.92 Å². The lowest BCUT2D eigenvalue weighted by Gasteiger charge is -2.34. The van der Waals surface area contributed by atoms with Crippen molar-refractivity contribution in [3.63, 3.8) is 0 Å². The molecule has 1 aliphatic rings. The van der Waals surface area contributed by atoms with E-state index in [1.807, 2.05) is 0 Å². The van der Waals surface area contributed by atoms with Gasteiger partial charge in [-0.05, 0) is 43.2 Å². The maximum atomic E-state index is 13.1. The van der Waals surface area contributed by atoms with Crippen LogP contribution in [0.2, 0.25) is 0 Å². The van der Waals surface area contributed by atoms with Crippen molar-refractivity contribution in [2.75, 3.05) is 13.1 Å². The van der Waals surface area contributed by atoms with E-state index in [2.05, 4.69) is 0 Å². The molecule has 2 aromatic rings. The van der Waals surface area contributed by atoms with Crippen LogP contribution in [0.1, 0.15) is 39.1 Å². The van der Waals surface area contributed by atoms with E-state index in [0.29, 0.717) is 0 Å². The molecule has 0 bridgehead atoms. The van der Waals surface area contributed by atoms with E-state index in [1.165, 1.54) is 24.3 Å². The van der Waals surface area contributed by atoms with E-state index >= 15 is 0 Å². The molecule has 27 heavy (non-hydrogen) atoms. The van der Waals surface area contributed by atoms with E-state index in [1.54, 1.807) is 12.1 Å². The monoisotopic (exact) mass is 379 g/mol. The minimum absolute atomic E-state index is 0.0105. The second-order valence-corrected chi connectivity index (χ2v) is 6.51. The molecule has 2 aromatic carbocycles. The Kier molecular flexibility index (Phi) is 5.30. The van der Waals surface area contributed by atoms with Crippen LogP contribution in [0.15, 0.2) is 48.5 Å². The summed E-state index contributed by atoms with van der Waals surface area (Å²) in [5.74, 6) is -3.14. The quantitative estimate of drug-likeness (QED) is 0.583. The topological polar surface area (TPSA) is 37.4 Å². The van der Waals surface area contributed by atoms with Crippen LogP contribution in [0.3, 0.4) is 0 Å². The fourth-order valence-corrected chi connectivity index (χ4v) is 3.22. The molecular formula is C20H17F4NO2. The fraction of sp³-hybridized carbons (Fsp3) is 0.300. The first-order chi connectivity index (χ1) is 12.8. The lowest BCUT2D eigenvalue weighted by atomic mass is 9.94. The van der Waals surface area contributed by atoms with Gasteiger partial charge in [-0.25, -0.2) is 4.39 Å². The average molecular weight is 379 g/mol. The number of carbonyl (C=O) groups is 2. The number of halogens is 4. The van der Waals surface area contributed by atoms with E-state index in [4.69, 9.17) is 0 Å². The first kappa shape index (κ1) is 19.1. The van der Waals surface area contributed by atoms with Gasteiger partial charge in [0.25, 0.3) is 5.91 Å². The molecule has 1 amide bonds. The summed E-state index contributed by atoms with van der Waals surface area (Å²) in [5, 5.41) is 0. The van der Waals surface area contributed by atoms with Crippen LogP contribution in [0.4, 0.5) is 17.6 Å². The lowest BCUT2D eigenvalue weighted by molar-refractivity contribution is -0.184. The van der Waals surface area contributed by atoms with E-state index in [9.17, 15) is 27.2 Å².